The second kappa shape index (κ2) is 5.89. The van der Waals surface area contributed by atoms with Crippen LogP contribution in [0.3, 0.4) is 0 Å². The molecule has 0 aromatic heterocycles. The van der Waals surface area contributed by atoms with Gasteiger partial charge in [-0.05, 0) is 40.5 Å². The van der Waals surface area contributed by atoms with Crippen molar-refractivity contribution in [2.45, 2.75) is 63.5 Å². The van der Waals surface area contributed by atoms with Crippen LogP contribution in [0.15, 0.2) is 0 Å². The summed E-state index contributed by atoms with van der Waals surface area (Å²) in [5.74, 6) is -0.406. The number of ether oxygens (including phenoxy) is 3. The van der Waals surface area contributed by atoms with Crippen molar-refractivity contribution in [2.75, 3.05) is 13.2 Å². The lowest BCUT2D eigenvalue weighted by molar-refractivity contribution is -0.151. The molecular weight excluding hydrogens is 240 g/mol. The van der Waals surface area contributed by atoms with Crippen LogP contribution in [0.5, 0.6) is 0 Å². The van der Waals surface area contributed by atoms with Crippen LogP contribution in [0, 0.1) is 0 Å². The maximum atomic E-state index is 8.39. The molecule has 0 aromatic rings. The summed E-state index contributed by atoms with van der Waals surface area (Å²) in [6.07, 6.45) is 2.70. The zero-order valence-corrected chi connectivity index (χ0v) is 12.0. The van der Waals surface area contributed by atoms with Gasteiger partial charge in [0.15, 0.2) is 5.79 Å². The van der Waals surface area contributed by atoms with Crippen LogP contribution in [0.2, 0.25) is 0 Å². The molecule has 2 fully saturated rings. The number of rotatable bonds is 1. The standard InChI is InChI=1S/C9H16O3.C3H8OS/c1-9(2)11-6-8(12-9)7-4-3-5-10-7;1-3(2,4)5/h7-8H,3-6H2,1-2H3;4-5H,1-2H3. The van der Waals surface area contributed by atoms with E-state index in [0.717, 1.165) is 19.4 Å². The molecule has 2 aliphatic rings. The molecule has 102 valence electrons. The largest absolute Gasteiger partial charge is 0.380 e. The monoisotopic (exact) mass is 264 g/mol. The molecule has 0 bridgehead atoms. The van der Waals surface area contributed by atoms with Crippen molar-refractivity contribution in [1.82, 2.24) is 0 Å². The van der Waals surface area contributed by atoms with Crippen molar-refractivity contribution in [3.63, 3.8) is 0 Å². The molecule has 5 heteroatoms. The Balaban J connectivity index is 0.000000249. The minimum absolute atomic E-state index is 0.155. The summed E-state index contributed by atoms with van der Waals surface area (Å²) in [6.45, 7) is 8.67. The Morgan fingerprint density at radius 1 is 1.29 bits per heavy atom. The van der Waals surface area contributed by atoms with E-state index in [0.29, 0.717) is 6.61 Å². The fourth-order valence-corrected chi connectivity index (χ4v) is 1.79. The van der Waals surface area contributed by atoms with E-state index in [1.807, 2.05) is 13.8 Å². The Hall–Kier alpha value is 0.190. The van der Waals surface area contributed by atoms with Gasteiger partial charge in [-0.25, -0.2) is 0 Å². The average Bonchev–Trinajstić information content (AvgIpc) is 2.69. The molecule has 2 saturated heterocycles. The van der Waals surface area contributed by atoms with Gasteiger partial charge in [0.05, 0.1) is 12.7 Å². The summed E-state index contributed by atoms with van der Waals surface area (Å²) in [4.78, 5) is -0.806. The van der Waals surface area contributed by atoms with Gasteiger partial charge in [-0.1, -0.05) is 0 Å². The van der Waals surface area contributed by atoms with Gasteiger partial charge in [0.1, 0.15) is 11.0 Å². The number of thiol groups is 1. The van der Waals surface area contributed by atoms with Gasteiger partial charge in [0.2, 0.25) is 0 Å². The van der Waals surface area contributed by atoms with Crippen LogP contribution in [-0.2, 0) is 14.2 Å². The van der Waals surface area contributed by atoms with Crippen molar-refractivity contribution in [1.29, 1.82) is 0 Å². The van der Waals surface area contributed by atoms with Gasteiger partial charge in [-0.2, -0.15) is 0 Å². The fraction of sp³-hybridized carbons (Fsp3) is 1.00. The smallest absolute Gasteiger partial charge is 0.163 e. The molecule has 1 N–H and O–H groups in total. The topological polar surface area (TPSA) is 47.9 Å². The number of hydrogen-bond donors (Lipinski definition) is 2. The van der Waals surface area contributed by atoms with Crippen molar-refractivity contribution < 1.29 is 19.3 Å². The molecule has 2 aliphatic heterocycles. The zero-order valence-electron chi connectivity index (χ0n) is 11.1. The quantitative estimate of drug-likeness (QED) is 0.561. The molecule has 0 saturated carbocycles. The van der Waals surface area contributed by atoms with Crippen molar-refractivity contribution in [3.05, 3.63) is 0 Å². The van der Waals surface area contributed by atoms with Crippen LogP contribution in [-0.4, -0.2) is 41.2 Å². The first-order valence-electron chi connectivity index (χ1n) is 6.05. The lowest BCUT2D eigenvalue weighted by atomic mass is 10.1. The molecule has 17 heavy (non-hydrogen) atoms. The van der Waals surface area contributed by atoms with Gasteiger partial charge in [-0.3, -0.25) is 0 Å². The predicted molar refractivity (Wildman–Crippen MR) is 69.2 cm³/mol. The van der Waals surface area contributed by atoms with Crippen molar-refractivity contribution in [2.24, 2.45) is 0 Å². The molecule has 0 amide bonds. The minimum Gasteiger partial charge on any atom is -0.380 e. The lowest BCUT2D eigenvalue weighted by Gasteiger charge is -2.20. The maximum Gasteiger partial charge on any atom is 0.163 e. The van der Waals surface area contributed by atoms with Crippen molar-refractivity contribution in [3.8, 4) is 0 Å². The van der Waals surface area contributed by atoms with Gasteiger partial charge >= 0.3 is 0 Å². The lowest BCUT2D eigenvalue weighted by Crippen LogP contribution is -2.30. The second-order valence-corrected chi connectivity index (χ2v) is 6.51. The van der Waals surface area contributed by atoms with Crippen LogP contribution in [0.25, 0.3) is 0 Å². The van der Waals surface area contributed by atoms with E-state index in [-0.39, 0.29) is 12.2 Å². The number of aliphatic hydroxyl groups is 1. The zero-order chi connectivity index (χ0) is 13.1. The van der Waals surface area contributed by atoms with Crippen molar-refractivity contribution >= 4 is 12.6 Å². The third kappa shape index (κ3) is 6.62. The summed E-state index contributed by atoms with van der Waals surface area (Å²) >= 11 is 3.68. The molecular formula is C12H24O4S. The first kappa shape index (κ1) is 15.2. The summed E-state index contributed by atoms with van der Waals surface area (Å²) in [7, 11) is 0. The molecule has 2 rings (SSSR count). The Kier molecular flexibility index (Phi) is 5.28. The van der Waals surface area contributed by atoms with E-state index < -0.39 is 10.7 Å². The van der Waals surface area contributed by atoms with Crippen LogP contribution < -0.4 is 0 Å². The van der Waals surface area contributed by atoms with E-state index >= 15 is 0 Å². The highest BCUT2D eigenvalue weighted by Crippen LogP contribution is 2.28. The predicted octanol–water partition coefficient (Wildman–Crippen LogP) is 1.96. The van der Waals surface area contributed by atoms with Gasteiger partial charge in [0.25, 0.3) is 0 Å². The summed E-state index contributed by atoms with van der Waals surface area (Å²) in [6, 6.07) is 0. The molecule has 2 heterocycles. The normalized spacial score (nSPS) is 32.1. The maximum absolute atomic E-state index is 8.39. The molecule has 2 unspecified atom stereocenters. The van der Waals surface area contributed by atoms with Crippen LogP contribution >= 0.6 is 12.6 Å². The summed E-state index contributed by atoms with van der Waals surface area (Å²) < 4.78 is 16.7. The van der Waals surface area contributed by atoms with E-state index in [4.69, 9.17) is 19.3 Å². The Bertz CT molecular complexity index is 225. The summed E-state index contributed by atoms with van der Waals surface area (Å²) in [5, 5.41) is 8.39. The molecule has 0 spiro atoms. The van der Waals surface area contributed by atoms with Gasteiger partial charge in [-0.15, -0.1) is 12.6 Å². The van der Waals surface area contributed by atoms with E-state index in [1.165, 1.54) is 0 Å². The van der Waals surface area contributed by atoms with Crippen LogP contribution in [0.4, 0.5) is 0 Å². The summed E-state index contributed by atoms with van der Waals surface area (Å²) in [5.41, 5.74) is 0. The van der Waals surface area contributed by atoms with E-state index in [1.54, 1.807) is 13.8 Å². The SMILES string of the molecule is CC(C)(O)S.CC1(C)OCC(C2CCCO2)O1. The van der Waals surface area contributed by atoms with Crippen LogP contribution in [0.1, 0.15) is 40.5 Å². The third-order valence-electron chi connectivity index (χ3n) is 2.41. The molecule has 4 nitrogen and oxygen atoms in total. The Morgan fingerprint density at radius 2 is 1.88 bits per heavy atom. The fourth-order valence-electron chi connectivity index (χ4n) is 1.79. The Morgan fingerprint density at radius 3 is 2.24 bits per heavy atom. The first-order valence-corrected chi connectivity index (χ1v) is 6.50. The van der Waals surface area contributed by atoms with Gasteiger partial charge in [0, 0.05) is 6.61 Å². The second-order valence-electron chi connectivity index (χ2n) is 5.41. The van der Waals surface area contributed by atoms with E-state index in [9.17, 15) is 0 Å². The van der Waals surface area contributed by atoms with E-state index in [2.05, 4.69) is 12.6 Å². The minimum atomic E-state index is -0.806. The Labute approximate surface area is 109 Å². The molecule has 0 aliphatic carbocycles. The molecule has 0 aromatic carbocycles. The average molecular weight is 264 g/mol. The van der Waals surface area contributed by atoms with Gasteiger partial charge < -0.3 is 19.3 Å². The highest BCUT2D eigenvalue weighted by Gasteiger charge is 2.38. The highest BCUT2D eigenvalue weighted by atomic mass is 32.1. The first-order chi connectivity index (χ1) is 7.67. The molecule has 0 radical (unpaired) electrons. The molecule has 2 atom stereocenters. The third-order valence-corrected chi connectivity index (χ3v) is 2.41. The highest BCUT2D eigenvalue weighted by molar-refractivity contribution is 7.81. The number of hydrogen-bond acceptors (Lipinski definition) is 5.